The largest absolute Gasteiger partial charge is 0.490 e. The molecule has 0 bridgehead atoms. The highest BCUT2D eigenvalue weighted by molar-refractivity contribution is 5.40. The van der Waals surface area contributed by atoms with Crippen molar-refractivity contribution in [3.05, 3.63) is 29.3 Å². The van der Waals surface area contributed by atoms with Crippen LogP contribution in [0, 0.1) is 12.8 Å². The number of fused-ring (bicyclic) bond motifs is 1. The van der Waals surface area contributed by atoms with Crippen molar-refractivity contribution in [1.29, 1.82) is 0 Å². The third-order valence-electron chi connectivity index (χ3n) is 3.93. The maximum absolute atomic E-state index is 6.05. The molecule has 0 saturated heterocycles. The third kappa shape index (κ3) is 3.97. The monoisotopic (exact) mass is 261 g/mol. The van der Waals surface area contributed by atoms with Gasteiger partial charge in [0, 0.05) is 12.5 Å². The van der Waals surface area contributed by atoms with Crippen molar-refractivity contribution >= 4 is 0 Å². The van der Waals surface area contributed by atoms with Crippen LogP contribution in [0.1, 0.15) is 44.7 Å². The summed E-state index contributed by atoms with van der Waals surface area (Å²) in [7, 11) is 0. The van der Waals surface area contributed by atoms with Gasteiger partial charge >= 0.3 is 0 Å². The molecule has 1 aromatic carbocycles. The minimum Gasteiger partial charge on any atom is -0.490 e. The molecule has 19 heavy (non-hydrogen) atoms. The van der Waals surface area contributed by atoms with E-state index < -0.39 is 0 Å². The van der Waals surface area contributed by atoms with Gasteiger partial charge in [-0.3, -0.25) is 0 Å². The van der Waals surface area contributed by atoms with Gasteiger partial charge in [0.05, 0.1) is 0 Å². The van der Waals surface area contributed by atoms with Crippen LogP contribution >= 0.6 is 0 Å². The van der Waals surface area contributed by atoms with Gasteiger partial charge in [0.2, 0.25) is 0 Å². The molecule has 0 aromatic heterocycles. The van der Waals surface area contributed by atoms with Crippen molar-refractivity contribution in [3.8, 4) is 5.75 Å². The lowest BCUT2D eigenvalue weighted by Crippen LogP contribution is -2.29. The molecule has 2 nitrogen and oxygen atoms in total. The van der Waals surface area contributed by atoms with Crippen molar-refractivity contribution in [3.63, 3.8) is 0 Å². The predicted octanol–water partition coefficient (Wildman–Crippen LogP) is 3.71. The first-order valence-electron chi connectivity index (χ1n) is 7.58. The fraction of sp³-hybridized carbons (Fsp3) is 0.647. The number of aryl methyl sites for hydroxylation is 1. The maximum Gasteiger partial charge on any atom is 0.123 e. The maximum atomic E-state index is 6.05. The molecule has 0 aliphatic carbocycles. The Labute approximate surface area is 117 Å². The summed E-state index contributed by atoms with van der Waals surface area (Å²) in [5, 5.41) is 3.49. The van der Waals surface area contributed by atoms with Crippen LogP contribution in [0.3, 0.4) is 0 Å². The summed E-state index contributed by atoms with van der Waals surface area (Å²) in [4.78, 5) is 0. The van der Waals surface area contributed by atoms with E-state index in [0.717, 1.165) is 25.1 Å². The summed E-state index contributed by atoms with van der Waals surface area (Å²) >= 11 is 0. The van der Waals surface area contributed by atoms with E-state index in [4.69, 9.17) is 4.74 Å². The molecular formula is C17H27NO. The molecule has 1 N–H and O–H groups in total. The highest BCUT2D eigenvalue weighted by atomic mass is 16.5. The van der Waals surface area contributed by atoms with E-state index in [-0.39, 0.29) is 0 Å². The van der Waals surface area contributed by atoms with Crippen LogP contribution in [0.4, 0.5) is 0 Å². The zero-order valence-corrected chi connectivity index (χ0v) is 12.7. The Kier molecular flexibility index (Phi) is 4.87. The number of benzene rings is 1. The lowest BCUT2D eigenvalue weighted by Gasteiger charge is -2.20. The highest BCUT2D eigenvalue weighted by Crippen LogP contribution is 2.32. The quantitative estimate of drug-likeness (QED) is 0.843. The van der Waals surface area contributed by atoms with Crippen molar-refractivity contribution in [2.75, 3.05) is 6.54 Å². The molecule has 0 saturated carbocycles. The molecule has 1 aliphatic rings. The normalized spacial score (nSPS) is 20.7. The third-order valence-corrected chi connectivity index (χ3v) is 3.93. The molecule has 1 aliphatic heterocycles. The topological polar surface area (TPSA) is 21.3 Å². The second kappa shape index (κ2) is 6.42. The summed E-state index contributed by atoms with van der Waals surface area (Å²) in [6.07, 6.45) is 3.84. The number of nitrogens with one attached hydrogen (secondary N) is 1. The second-order valence-electron chi connectivity index (χ2n) is 6.09. The number of ether oxygens (including phenoxy) is 1. The van der Waals surface area contributed by atoms with E-state index in [1.54, 1.807) is 0 Å². The Hall–Kier alpha value is -1.02. The van der Waals surface area contributed by atoms with E-state index in [2.05, 4.69) is 51.2 Å². The molecule has 106 valence electrons. The van der Waals surface area contributed by atoms with E-state index in [9.17, 15) is 0 Å². The molecule has 0 radical (unpaired) electrons. The van der Waals surface area contributed by atoms with E-state index in [1.807, 2.05) is 0 Å². The average molecular weight is 261 g/mol. The zero-order chi connectivity index (χ0) is 13.8. The van der Waals surface area contributed by atoms with Crippen LogP contribution < -0.4 is 10.1 Å². The standard InChI is InChI=1S/C17H27NO/c1-5-18-14(4)8-13(3)10-16-11-15-9-12(2)6-7-17(15)19-16/h6-7,9,13-14,16,18H,5,8,10-11H2,1-4H3. The fourth-order valence-electron chi connectivity index (χ4n) is 3.16. The van der Waals surface area contributed by atoms with E-state index in [0.29, 0.717) is 18.1 Å². The van der Waals surface area contributed by atoms with Crippen LogP contribution in [0.25, 0.3) is 0 Å². The molecule has 3 atom stereocenters. The minimum atomic E-state index is 0.376. The zero-order valence-electron chi connectivity index (χ0n) is 12.7. The Morgan fingerprint density at radius 1 is 1.37 bits per heavy atom. The second-order valence-corrected chi connectivity index (χ2v) is 6.09. The van der Waals surface area contributed by atoms with Crippen LogP contribution in [0.5, 0.6) is 5.75 Å². The lowest BCUT2D eigenvalue weighted by atomic mass is 9.94. The van der Waals surface area contributed by atoms with E-state index >= 15 is 0 Å². The van der Waals surface area contributed by atoms with Crippen LogP contribution in [0.2, 0.25) is 0 Å². The summed E-state index contributed by atoms with van der Waals surface area (Å²) in [5.41, 5.74) is 2.72. The molecule has 3 unspecified atom stereocenters. The van der Waals surface area contributed by atoms with Crippen molar-refractivity contribution in [2.24, 2.45) is 5.92 Å². The molecule has 0 amide bonds. The molecular weight excluding hydrogens is 234 g/mol. The first kappa shape index (κ1) is 14.4. The molecule has 0 fully saturated rings. The number of rotatable bonds is 6. The highest BCUT2D eigenvalue weighted by Gasteiger charge is 2.24. The summed E-state index contributed by atoms with van der Waals surface area (Å²) in [5.74, 6) is 1.80. The molecule has 0 spiro atoms. The SMILES string of the molecule is CCNC(C)CC(C)CC1Cc2cc(C)ccc2O1. The molecule has 1 aromatic rings. The fourth-order valence-corrected chi connectivity index (χ4v) is 3.16. The summed E-state index contributed by atoms with van der Waals surface area (Å²) < 4.78 is 6.05. The smallest absolute Gasteiger partial charge is 0.123 e. The average Bonchev–Trinajstić information content (AvgIpc) is 2.70. The van der Waals surface area contributed by atoms with Crippen LogP contribution in [-0.2, 0) is 6.42 Å². The Bertz CT molecular complexity index is 416. The van der Waals surface area contributed by atoms with Crippen LogP contribution in [0.15, 0.2) is 18.2 Å². The summed E-state index contributed by atoms with van der Waals surface area (Å²) in [6, 6.07) is 7.13. The Morgan fingerprint density at radius 2 is 2.16 bits per heavy atom. The summed E-state index contributed by atoms with van der Waals surface area (Å²) in [6.45, 7) is 9.98. The Balaban J connectivity index is 1.83. The molecule has 2 rings (SSSR count). The predicted molar refractivity (Wildman–Crippen MR) is 80.8 cm³/mol. The van der Waals surface area contributed by atoms with Gasteiger partial charge < -0.3 is 10.1 Å². The minimum absolute atomic E-state index is 0.376. The van der Waals surface area contributed by atoms with Crippen molar-refractivity contribution in [1.82, 2.24) is 5.32 Å². The van der Waals surface area contributed by atoms with Gasteiger partial charge in [0.1, 0.15) is 11.9 Å². The molecule has 2 heteroatoms. The van der Waals surface area contributed by atoms with Gasteiger partial charge in [0.25, 0.3) is 0 Å². The van der Waals surface area contributed by atoms with Gasteiger partial charge in [-0.2, -0.15) is 0 Å². The first-order chi connectivity index (χ1) is 9.08. The number of hydrogen-bond acceptors (Lipinski definition) is 2. The molecule has 1 heterocycles. The van der Waals surface area contributed by atoms with Gasteiger partial charge in [0.15, 0.2) is 0 Å². The van der Waals surface area contributed by atoms with Crippen molar-refractivity contribution in [2.45, 2.75) is 59.1 Å². The number of hydrogen-bond donors (Lipinski definition) is 1. The van der Waals surface area contributed by atoms with Crippen molar-refractivity contribution < 1.29 is 4.74 Å². The van der Waals surface area contributed by atoms with Gasteiger partial charge in [-0.15, -0.1) is 0 Å². The first-order valence-corrected chi connectivity index (χ1v) is 7.58. The van der Waals surface area contributed by atoms with Gasteiger partial charge in [-0.25, -0.2) is 0 Å². The van der Waals surface area contributed by atoms with E-state index in [1.165, 1.54) is 17.5 Å². The van der Waals surface area contributed by atoms with Gasteiger partial charge in [-0.05, 0) is 50.8 Å². The van der Waals surface area contributed by atoms with Crippen LogP contribution in [-0.4, -0.2) is 18.7 Å². The lowest BCUT2D eigenvalue weighted by molar-refractivity contribution is 0.191. The van der Waals surface area contributed by atoms with Gasteiger partial charge in [-0.1, -0.05) is 31.5 Å². The Morgan fingerprint density at radius 3 is 2.89 bits per heavy atom.